The molecule has 1 amide bonds. The van der Waals surface area contributed by atoms with Crippen LogP contribution in [-0.2, 0) is 4.79 Å². The number of hydrogen-bond acceptors (Lipinski definition) is 3. The number of nitrogens with zero attached hydrogens (tertiary/aromatic N) is 1. The molecule has 0 unspecified atom stereocenters. The van der Waals surface area contributed by atoms with Gasteiger partial charge in [-0.3, -0.25) is 4.79 Å². The lowest BCUT2D eigenvalue weighted by Gasteiger charge is -2.18. The van der Waals surface area contributed by atoms with E-state index >= 15 is 0 Å². The second-order valence-corrected chi connectivity index (χ2v) is 5.26. The summed E-state index contributed by atoms with van der Waals surface area (Å²) in [6, 6.07) is 15.0. The van der Waals surface area contributed by atoms with Crippen LogP contribution in [0.2, 0.25) is 5.02 Å². The van der Waals surface area contributed by atoms with Crippen LogP contribution in [0, 0.1) is 0 Å². The van der Waals surface area contributed by atoms with Gasteiger partial charge in [-0.2, -0.15) is 0 Å². The minimum absolute atomic E-state index is 0.121. The summed E-state index contributed by atoms with van der Waals surface area (Å²) in [5, 5.41) is 6.53. The first-order valence-corrected chi connectivity index (χ1v) is 6.99. The fourth-order valence-electron chi connectivity index (χ4n) is 1.93. The van der Waals surface area contributed by atoms with Crippen LogP contribution in [0.3, 0.4) is 0 Å². The van der Waals surface area contributed by atoms with Gasteiger partial charge in [-0.1, -0.05) is 29.8 Å². The smallest absolute Gasteiger partial charge is 0.243 e. The van der Waals surface area contributed by atoms with Gasteiger partial charge in [0.2, 0.25) is 5.91 Å². The van der Waals surface area contributed by atoms with Crippen molar-refractivity contribution in [1.82, 2.24) is 0 Å². The van der Waals surface area contributed by atoms with Gasteiger partial charge in [-0.25, -0.2) is 0 Å². The molecular formula is C16H18ClN3O. The first-order valence-electron chi connectivity index (χ1n) is 6.62. The molecule has 0 atom stereocenters. The first kappa shape index (κ1) is 15.2. The number of benzene rings is 2. The first-order chi connectivity index (χ1) is 10.1. The molecule has 5 heteroatoms. The zero-order valence-electron chi connectivity index (χ0n) is 12.1. The van der Waals surface area contributed by atoms with E-state index in [1.807, 2.05) is 55.4 Å². The highest BCUT2D eigenvalue weighted by Gasteiger charge is 2.09. The molecule has 0 spiro atoms. The average molecular weight is 304 g/mol. The maximum absolute atomic E-state index is 12.0. The van der Waals surface area contributed by atoms with Crippen LogP contribution in [0.4, 0.5) is 17.1 Å². The molecular weight excluding hydrogens is 286 g/mol. The maximum Gasteiger partial charge on any atom is 0.243 e. The number of rotatable bonds is 5. The van der Waals surface area contributed by atoms with Crippen LogP contribution in [0.5, 0.6) is 0 Å². The van der Waals surface area contributed by atoms with E-state index in [-0.39, 0.29) is 12.5 Å². The Labute approximate surface area is 129 Å². The molecule has 2 aromatic carbocycles. The summed E-state index contributed by atoms with van der Waals surface area (Å²) >= 11 is 5.99. The van der Waals surface area contributed by atoms with E-state index in [0.29, 0.717) is 10.7 Å². The molecule has 0 aromatic heterocycles. The highest BCUT2D eigenvalue weighted by atomic mass is 35.5. The minimum Gasteiger partial charge on any atom is -0.376 e. The fraction of sp³-hybridized carbons (Fsp3) is 0.188. The Kier molecular flexibility index (Phi) is 5.06. The van der Waals surface area contributed by atoms with Crippen molar-refractivity contribution in [3.05, 3.63) is 53.6 Å². The molecule has 110 valence electrons. The molecule has 0 bridgehead atoms. The summed E-state index contributed by atoms with van der Waals surface area (Å²) in [6.45, 7) is 0.198. The normalized spacial score (nSPS) is 10.0. The van der Waals surface area contributed by atoms with Gasteiger partial charge >= 0.3 is 0 Å². The highest BCUT2D eigenvalue weighted by molar-refractivity contribution is 6.31. The van der Waals surface area contributed by atoms with Crippen molar-refractivity contribution >= 4 is 34.6 Å². The Morgan fingerprint density at radius 3 is 2.52 bits per heavy atom. The van der Waals surface area contributed by atoms with Gasteiger partial charge in [0.05, 0.1) is 17.9 Å². The summed E-state index contributed by atoms with van der Waals surface area (Å²) in [4.78, 5) is 14.0. The molecule has 2 aromatic rings. The Morgan fingerprint density at radius 2 is 1.86 bits per heavy atom. The van der Waals surface area contributed by atoms with Gasteiger partial charge in [0, 0.05) is 24.8 Å². The summed E-state index contributed by atoms with van der Waals surface area (Å²) in [6.07, 6.45) is 0. The number of hydrogen-bond donors (Lipinski definition) is 2. The summed E-state index contributed by atoms with van der Waals surface area (Å²) < 4.78 is 0. The summed E-state index contributed by atoms with van der Waals surface area (Å²) in [5.41, 5.74) is 2.52. The van der Waals surface area contributed by atoms with E-state index in [9.17, 15) is 4.79 Å². The third-order valence-electron chi connectivity index (χ3n) is 2.94. The van der Waals surface area contributed by atoms with Gasteiger partial charge in [-0.15, -0.1) is 0 Å². The molecule has 0 heterocycles. The molecule has 21 heavy (non-hydrogen) atoms. The maximum atomic E-state index is 12.0. The van der Waals surface area contributed by atoms with Crippen molar-refractivity contribution in [3.63, 3.8) is 0 Å². The molecule has 0 radical (unpaired) electrons. The lowest BCUT2D eigenvalue weighted by atomic mass is 10.2. The monoisotopic (exact) mass is 303 g/mol. The van der Waals surface area contributed by atoms with E-state index in [1.54, 1.807) is 12.1 Å². The van der Waals surface area contributed by atoms with Crippen molar-refractivity contribution < 1.29 is 4.79 Å². The Morgan fingerprint density at radius 1 is 1.14 bits per heavy atom. The molecule has 0 saturated heterocycles. The van der Waals surface area contributed by atoms with Crippen molar-refractivity contribution in [2.24, 2.45) is 0 Å². The van der Waals surface area contributed by atoms with Crippen molar-refractivity contribution in [2.75, 3.05) is 36.2 Å². The minimum atomic E-state index is -0.121. The Balaban J connectivity index is 2.01. The number of nitrogens with one attached hydrogen (secondary N) is 2. The molecule has 0 saturated carbocycles. The number of para-hydroxylation sites is 1. The average Bonchev–Trinajstić information content (AvgIpc) is 2.46. The molecule has 2 rings (SSSR count). The zero-order valence-corrected chi connectivity index (χ0v) is 12.8. The third-order valence-corrected chi connectivity index (χ3v) is 3.18. The van der Waals surface area contributed by atoms with E-state index in [2.05, 4.69) is 10.6 Å². The van der Waals surface area contributed by atoms with Crippen molar-refractivity contribution in [2.45, 2.75) is 0 Å². The van der Waals surface area contributed by atoms with Gasteiger partial charge < -0.3 is 15.5 Å². The Hall–Kier alpha value is -2.20. The van der Waals surface area contributed by atoms with Crippen LogP contribution in [0.15, 0.2) is 48.5 Å². The second kappa shape index (κ2) is 6.99. The van der Waals surface area contributed by atoms with E-state index in [0.717, 1.165) is 11.4 Å². The SMILES string of the molecule is CN(C)c1ccc(Cl)cc1NC(=O)CNc1ccccc1. The van der Waals surface area contributed by atoms with Crippen LogP contribution < -0.4 is 15.5 Å². The second-order valence-electron chi connectivity index (χ2n) is 4.82. The molecule has 0 fully saturated rings. The summed E-state index contributed by atoms with van der Waals surface area (Å²) in [5.74, 6) is -0.121. The lowest BCUT2D eigenvalue weighted by Crippen LogP contribution is -2.23. The fourth-order valence-corrected chi connectivity index (χ4v) is 2.10. The lowest BCUT2D eigenvalue weighted by molar-refractivity contribution is -0.114. The topological polar surface area (TPSA) is 44.4 Å². The zero-order chi connectivity index (χ0) is 15.2. The molecule has 0 aliphatic carbocycles. The van der Waals surface area contributed by atoms with Gasteiger partial charge in [0.25, 0.3) is 0 Å². The number of halogens is 1. The predicted octanol–water partition coefficient (Wildman–Crippen LogP) is 3.46. The highest BCUT2D eigenvalue weighted by Crippen LogP contribution is 2.27. The van der Waals surface area contributed by atoms with Crippen LogP contribution in [0.25, 0.3) is 0 Å². The van der Waals surface area contributed by atoms with E-state index < -0.39 is 0 Å². The largest absolute Gasteiger partial charge is 0.376 e. The standard InChI is InChI=1S/C16H18ClN3O/c1-20(2)15-9-8-12(17)10-14(15)19-16(21)11-18-13-6-4-3-5-7-13/h3-10,18H,11H2,1-2H3,(H,19,21). The van der Waals surface area contributed by atoms with Crippen LogP contribution >= 0.6 is 11.6 Å². The predicted molar refractivity (Wildman–Crippen MR) is 89.3 cm³/mol. The van der Waals surface area contributed by atoms with Crippen molar-refractivity contribution in [1.29, 1.82) is 0 Å². The molecule has 4 nitrogen and oxygen atoms in total. The van der Waals surface area contributed by atoms with E-state index in [1.165, 1.54) is 0 Å². The van der Waals surface area contributed by atoms with E-state index in [4.69, 9.17) is 11.6 Å². The quantitative estimate of drug-likeness (QED) is 0.889. The molecule has 0 aliphatic heterocycles. The number of carbonyl (C=O) groups excluding carboxylic acids is 1. The number of amides is 1. The van der Waals surface area contributed by atoms with Gasteiger partial charge in [-0.05, 0) is 30.3 Å². The molecule has 2 N–H and O–H groups in total. The van der Waals surface area contributed by atoms with Crippen LogP contribution in [-0.4, -0.2) is 26.5 Å². The summed E-state index contributed by atoms with van der Waals surface area (Å²) in [7, 11) is 3.84. The number of carbonyl (C=O) groups is 1. The van der Waals surface area contributed by atoms with Gasteiger partial charge in [0.15, 0.2) is 0 Å². The van der Waals surface area contributed by atoms with Crippen molar-refractivity contribution in [3.8, 4) is 0 Å². The van der Waals surface area contributed by atoms with Gasteiger partial charge in [0.1, 0.15) is 0 Å². The Bertz CT molecular complexity index is 614. The number of anilines is 3. The van der Waals surface area contributed by atoms with Crippen LogP contribution in [0.1, 0.15) is 0 Å². The third kappa shape index (κ3) is 4.39. The molecule has 0 aliphatic rings.